The zero-order chi connectivity index (χ0) is 10.3. The third-order valence-electron chi connectivity index (χ3n) is 1.13. The van der Waals surface area contributed by atoms with E-state index in [1.807, 2.05) is 13.8 Å². The van der Waals surface area contributed by atoms with E-state index in [4.69, 9.17) is 5.21 Å². The van der Waals surface area contributed by atoms with Gasteiger partial charge in [-0.3, -0.25) is 5.21 Å². The van der Waals surface area contributed by atoms with E-state index < -0.39 is 5.97 Å². The summed E-state index contributed by atoms with van der Waals surface area (Å²) in [7, 11) is 0. The molecule has 0 aliphatic carbocycles. The second-order valence-electron chi connectivity index (χ2n) is 1.88. The van der Waals surface area contributed by atoms with Crippen molar-refractivity contribution in [3.05, 3.63) is 30.1 Å². The van der Waals surface area contributed by atoms with Crippen LogP contribution in [0.15, 0.2) is 24.5 Å². The first-order valence-corrected chi connectivity index (χ1v) is 3.85. The van der Waals surface area contributed by atoms with E-state index in [0.29, 0.717) is 0 Å². The van der Waals surface area contributed by atoms with Gasteiger partial charge in [-0.1, -0.05) is 13.8 Å². The minimum absolute atomic E-state index is 0.192. The molecule has 13 heavy (non-hydrogen) atoms. The van der Waals surface area contributed by atoms with Gasteiger partial charge in [-0.25, -0.2) is 4.79 Å². The average molecular weight is 185 g/mol. The van der Waals surface area contributed by atoms with E-state index in [9.17, 15) is 4.79 Å². The lowest BCUT2D eigenvalue weighted by Gasteiger charge is -1.92. The quantitative estimate of drug-likeness (QED) is 0.374. The van der Waals surface area contributed by atoms with Gasteiger partial charge in [-0.15, -0.1) is 0 Å². The van der Waals surface area contributed by atoms with Gasteiger partial charge in [0.05, 0.1) is 0 Å². The molecule has 0 spiro atoms. The van der Waals surface area contributed by atoms with E-state index in [-0.39, 0.29) is 5.56 Å². The van der Waals surface area contributed by atoms with Crippen molar-refractivity contribution in [3.63, 3.8) is 0 Å². The van der Waals surface area contributed by atoms with Gasteiger partial charge in [0, 0.05) is 10.8 Å². The van der Waals surface area contributed by atoms with Crippen LogP contribution in [-0.2, 0) is 4.84 Å². The third kappa shape index (κ3) is 3.53. The van der Waals surface area contributed by atoms with Crippen LogP contribution in [0.4, 0.5) is 0 Å². The van der Waals surface area contributed by atoms with Crippen LogP contribution in [0.5, 0.6) is 0 Å². The summed E-state index contributed by atoms with van der Waals surface area (Å²) in [5, 5.41) is 8.83. The highest BCUT2D eigenvalue weighted by Crippen LogP contribution is 1.94. The standard InChI is InChI=1S/C6H7N2O3.C2H6/c7-11-6(9)5-2-1-3-8(10)4-5;1-2/h1-4,10H,7H2;1-2H3/q+1;. The van der Waals surface area contributed by atoms with Crippen molar-refractivity contribution >= 4 is 5.97 Å². The molecule has 3 N–H and O–H groups in total. The van der Waals surface area contributed by atoms with Gasteiger partial charge in [-0.2, -0.15) is 5.90 Å². The predicted molar refractivity (Wildman–Crippen MR) is 44.8 cm³/mol. The van der Waals surface area contributed by atoms with Gasteiger partial charge in [-0.05, 0) is 6.07 Å². The maximum Gasteiger partial charge on any atom is 0.362 e. The molecule has 0 aliphatic heterocycles. The fourth-order valence-corrected chi connectivity index (χ4v) is 0.652. The zero-order valence-electron chi connectivity index (χ0n) is 7.60. The fraction of sp³-hybridized carbons (Fsp3) is 0.250. The Morgan fingerprint density at radius 2 is 2.23 bits per heavy atom. The van der Waals surface area contributed by atoms with Crippen molar-refractivity contribution < 1.29 is 19.6 Å². The Kier molecular flexibility index (Phi) is 5.22. The summed E-state index contributed by atoms with van der Waals surface area (Å²) in [6, 6.07) is 2.97. The SMILES string of the molecule is CC.NOC(=O)c1ccc[n+](O)c1. The third-order valence-corrected chi connectivity index (χ3v) is 1.13. The van der Waals surface area contributed by atoms with Crippen molar-refractivity contribution in [1.82, 2.24) is 0 Å². The van der Waals surface area contributed by atoms with Crippen LogP contribution in [0.2, 0.25) is 0 Å². The molecule has 0 radical (unpaired) electrons. The van der Waals surface area contributed by atoms with E-state index in [0.717, 1.165) is 4.73 Å². The Bertz CT molecular complexity index is 276. The van der Waals surface area contributed by atoms with E-state index in [1.165, 1.54) is 24.5 Å². The topological polar surface area (TPSA) is 76.4 Å². The van der Waals surface area contributed by atoms with E-state index in [1.54, 1.807) is 0 Å². The first kappa shape index (κ1) is 11.4. The summed E-state index contributed by atoms with van der Waals surface area (Å²) in [4.78, 5) is 14.6. The van der Waals surface area contributed by atoms with Crippen molar-refractivity contribution in [2.45, 2.75) is 13.8 Å². The highest BCUT2D eigenvalue weighted by molar-refractivity contribution is 5.88. The van der Waals surface area contributed by atoms with Crippen LogP contribution >= 0.6 is 0 Å². The molecule has 0 saturated heterocycles. The maximum atomic E-state index is 10.7. The molecule has 0 bridgehead atoms. The molecular formula is C8H13N2O3+. The number of carbonyl (C=O) groups excluding carboxylic acids is 1. The van der Waals surface area contributed by atoms with Gasteiger partial charge < -0.3 is 4.84 Å². The molecule has 0 saturated carbocycles. The Morgan fingerprint density at radius 1 is 1.62 bits per heavy atom. The number of nitrogens with two attached hydrogens (primary N) is 1. The Balaban J connectivity index is 0.000000671. The smallest absolute Gasteiger partial charge is 0.362 e. The van der Waals surface area contributed by atoms with Crippen molar-refractivity contribution in [2.24, 2.45) is 5.90 Å². The minimum atomic E-state index is -0.687. The average Bonchev–Trinajstić information content (AvgIpc) is 2.20. The molecule has 1 rings (SSSR count). The van der Waals surface area contributed by atoms with Crippen LogP contribution in [0.1, 0.15) is 24.2 Å². The van der Waals surface area contributed by atoms with E-state index in [2.05, 4.69) is 10.7 Å². The van der Waals surface area contributed by atoms with Crippen LogP contribution in [-0.4, -0.2) is 11.2 Å². The fourth-order valence-electron chi connectivity index (χ4n) is 0.652. The molecule has 5 nitrogen and oxygen atoms in total. The Labute approximate surface area is 76.3 Å². The molecular weight excluding hydrogens is 172 g/mol. The lowest BCUT2D eigenvalue weighted by Crippen LogP contribution is -2.30. The molecule has 0 aromatic carbocycles. The summed E-state index contributed by atoms with van der Waals surface area (Å²) in [5.41, 5.74) is 0.192. The van der Waals surface area contributed by atoms with Crippen molar-refractivity contribution in [1.29, 1.82) is 0 Å². The number of rotatable bonds is 1. The van der Waals surface area contributed by atoms with Crippen LogP contribution < -0.4 is 10.6 Å². The molecule has 0 amide bonds. The van der Waals surface area contributed by atoms with Gasteiger partial charge >= 0.3 is 5.97 Å². The normalized spacial score (nSPS) is 8.23. The molecule has 1 aromatic heterocycles. The number of hydrogen-bond acceptors (Lipinski definition) is 4. The second kappa shape index (κ2) is 5.96. The summed E-state index contributed by atoms with van der Waals surface area (Å²) in [6.45, 7) is 4.00. The number of nitrogens with zero attached hydrogens (tertiary/aromatic N) is 1. The highest BCUT2D eigenvalue weighted by atomic mass is 16.7. The number of hydrogen-bond donors (Lipinski definition) is 2. The molecule has 1 aromatic rings. The lowest BCUT2D eigenvalue weighted by molar-refractivity contribution is -0.904. The Hall–Kier alpha value is -1.62. The first-order valence-electron chi connectivity index (χ1n) is 3.85. The number of carbonyl (C=O) groups is 1. The summed E-state index contributed by atoms with van der Waals surface area (Å²) in [5.74, 6) is 3.93. The molecule has 0 aliphatic rings. The summed E-state index contributed by atoms with van der Waals surface area (Å²) in [6.07, 6.45) is 2.56. The zero-order valence-corrected chi connectivity index (χ0v) is 7.60. The Morgan fingerprint density at radius 3 is 2.69 bits per heavy atom. The summed E-state index contributed by atoms with van der Waals surface area (Å²) >= 11 is 0. The van der Waals surface area contributed by atoms with Crippen LogP contribution in [0.25, 0.3) is 0 Å². The number of pyridine rings is 1. The minimum Gasteiger partial charge on any atom is -0.369 e. The highest BCUT2D eigenvalue weighted by Gasteiger charge is 2.09. The monoisotopic (exact) mass is 185 g/mol. The second-order valence-corrected chi connectivity index (χ2v) is 1.88. The van der Waals surface area contributed by atoms with Crippen LogP contribution in [0, 0.1) is 0 Å². The molecule has 5 heteroatoms. The maximum absolute atomic E-state index is 10.7. The molecule has 72 valence electrons. The largest absolute Gasteiger partial charge is 0.369 e. The molecule has 1 heterocycles. The van der Waals surface area contributed by atoms with Gasteiger partial charge in [0.2, 0.25) is 12.4 Å². The molecule has 0 fully saturated rings. The van der Waals surface area contributed by atoms with Crippen molar-refractivity contribution in [3.8, 4) is 0 Å². The van der Waals surface area contributed by atoms with Crippen molar-refractivity contribution in [2.75, 3.05) is 0 Å². The van der Waals surface area contributed by atoms with Gasteiger partial charge in [0.15, 0.2) is 0 Å². The van der Waals surface area contributed by atoms with Gasteiger partial charge in [0.1, 0.15) is 5.56 Å². The lowest BCUT2D eigenvalue weighted by atomic mass is 10.3. The molecule has 0 atom stereocenters. The first-order chi connectivity index (χ1) is 6.24. The number of aromatic nitrogens is 1. The predicted octanol–water partition coefficient (Wildman–Crippen LogP) is 0.268. The van der Waals surface area contributed by atoms with Gasteiger partial charge in [0.25, 0.3) is 0 Å². The molecule has 0 unspecified atom stereocenters. The van der Waals surface area contributed by atoms with Crippen LogP contribution in [0.3, 0.4) is 0 Å². The van der Waals surface area contributed by atoms with E-state index >= 15 is 0 Å². The summed E-state index contributed by atoms with van der Waals surface area (Å²) < 4.78 is 0.742.